The lowest BCUT2D eigenvalue weighted by Gasteiger charge is -2.22. The summed E-state index contributed by atoms with van der Waals surface area (Å²) in [6.45, 7) is 0.558. The number of carbonyl (C=O) groups excluding carboxylic acids is 1. The normalized spacial score (nSPS) is 17.0. The first-order valence-corrected chi connectivity index (χ1v) is 10.8. The van der Waals surface area contributed by atoms with Crippen LogP contribution in [0.1, 0.15) is 31.2 Å². The maximum absolute atomic E-state index is 13.9. The minimum atomic E-state index is -4.45. The highest BCUT2D eigenvalue weighted by Crippen LogP contribution is 2.35. The predicted octanol–water partition coefficient (Wildman–Crippen LogP) is 3.84. The van der Waals surface area contributed by atoms with Crippen molar-refractivity contribution in [2.45, 2.75) is 37.0 Å². The van der Waals surface area contributed by atoms with Crippen LogP contribution in [0.4, 0.5) is 20.2 Å². The third kappa shape index (κ3) is 3.37. The van der Waals surface area contributed by atoms with E-state index in [2.05, 4.69) is 4.72 Å². The van der Waals surface area contributed by atoms with E-state index >= 15 is 0 Å². The number of nitrogens with one attached hydrogen (secondary N) is 1. The van der Waals surface area contributed by atoms with E-state index in [-0.39, 0.29) is 17.5 Å². The van der Waals surface area contributed by atoms with E-state index in [1.165, 1.54) is 0 Å². The van der Waals surface area contributed by atoms with Crippen LogP contribution in [0, 0.1) is 17.6 Å². The molecule has 1 saturated carbocycles. The van der Waals surface area contributed by atoms with Crippen molar-refractivity contribution in [3.05, 3.63) is 53.6 Å². The number of fused-ring (bicyclic) bond motifs is 1. The second kappa shape index (κ2) is 7.16. The summed E-state index contributed by atoms with van der Waals surface area (Å²) in [6.07, 6.45) is 4.55. The van der Waals surface area contributed by atoms with Gasteiger partial charge in [0.25, 0.3) is 10.0 Å². The van der Waals surface area contributed by atoms with E-state index < -0.39 is 26.6 Å². The van der Waals surface area contributed by atoms with Crippen LogP contribution in [0.25, 0.3) is 0 Å². The van der Waals surface area contributed by atoms with Gasteiger partial charge in [0.1, 0.15) is 11.6 Å². The van der Waals surface area contributed by atoms with Crippen LogP contribution in [-0.2, 0) is 21.2 Å². The Hall–Kier alpha value is -2.48. The second-order valence-corrected chi connectivity index (χ2v) is 8.84. The molecule has 0 aromatic heterocycles. The van der Waals surface area contributed by atoms with Crippen molar-refractivity contribution in [3.63, 3.8) is 0 Å². The van der Waals surface area contributed by atoms with E-state index in [0.717, 1.165) is 49.4 Å². The zero-order valence-corrected chi connectivity index (χ0v) is 15.9. The number of carbonyl (C=O) groups is 1. The van der Waals surface area contributed by atoms with Crippen LogP contribution in [-0.4, -0.2) is 20.9 Å². The molecule has 0 unspecified atom stereocenters. The molecule has 8 heteroatoms. The zero-order chi connectivity index (χ0) is 19.9. The average molecular weight is 406 g/mol. The molecule has 5 nitrogen and oxygen atoms in total. The maximum Gasteiger partial charge on any atom is 0.267 e. The summed E-state index contributed by atoms with van der Waals surface area (Å²) in [4.78, 5) is 13.5. The standard InChI is InChI=1S/C20H20F2N2O3S/c21-16-6-3-7-17(22)19(16)28(26,27)23-15-9-8-13-10-11-24(18(13)12-15)20(25)14-4-1-2-5-14/h3,6-9,12,14,23H,1-2,4-5,10-11H2. The monoisotopic (exact) mass is 406 g/mol. The fraction of sp³-hybridized carbons (Fsp3) is 0.350. The molecule has 1 amide bonds. The van der Waals surface area contributed by atoms with Gasteiger partial charge in [-0.1, -0.05) is 25.0 Å². The summed E-state index contributed by atoms with van der Waals surface area (Å²) >= 11 is 0. The minimum absolute atomic E-state index is 0.0128. The largest absolute Gasteiger partial charge is 0.312 e. The fourth-order valence-electron chi connectivity index (χ4n) is 4.01. The van der Waals surface area contributed by atoms with E-state index in [4.69, 9.17) is 0 Å². The lowest BCUT2D eigenvalue weighted by molar-refractivity contribution is -0.122. The van der Waals surface area contributed by atoms with Gasteiger partial charge in [-0.15, -0.1) is 0 Å². The summed E-state index contributed by atoms with van der Waals surface area (Å²) in [6, 6.07) is 7.73. The molecule has 1 fully saturated rings. The second-order valence-electron chi connectivity index (χ2n) is 7.22. The Kier molecular flexibility index (Phi) is 4.82. The number of hydrogen-bond donors (Lipinski definition) is 1. The molecule has 1 aliphatic carbocycles. The molecule has 0 atom stereocenters. The van der Waals surface area contributed by atoms with Gasteiger partial charge in [0.2, 0.25) is 5.91 Å². The van der Waals surface area contributed by atoms with Crippen LogP contribution in [0.15, 0.2) is 41.3 Å². The minimum Gasteiger partial charge on any atom is -0.312 e. The molecule has 0 saturated heterocycles. The third-order valence-electron chi connectivity index (χ3n) is 5.39. The van der Waals surface area contributed by atoms with Crippen molar-refractivity contribution in [2.75, 3.05) is 16.2 Å². The Bertz CT molecular complexity index is 1010. The summed E-state index contributed by atoms with van der Waals surface area (Å²) in [5.41, 5.74) is 1.77. The number of rotatable bonds is 4. The van der Waals surface area contributed by atoms with Gasteiger partial charge in [-0.25, -0.2) is 17.2 Å². The third-order valence-corrected chi connectivity index (χ3v) is 6.82. The van der Waals surface area contributed by atoms with Crippen LogP contribution in [0.3, 0.4) is 0 Å². The van der Waals surface area contributed by atoms with Gasteiger partial charge in [-0.3, -0.25) is 9.52 Å². The lowest BCUT2D eigenvalue weighted by Crippen LogP contribution is -2.33. The SMILES string of the molecule is O=C(C1CCCC1)N1CCc2ccc(NS(=O)(=O)c3c(F)cccc3F)cc21. The van der Waals surface area contributed by atoms with E-state index in [1.54, 1.807) is 23.1 Å². The molecule has 4 rings (SSSR count). The van der Waals surface area contributed by atoms with Crippen LogP contribution in [0.5, 0.6) is 0 Å². The molecular formula is C20H20F2N2O3S. The Balaban J connectivity index is 1.62. The van der Waals surface area contributed by atoms with Crippen molar-refractivity contribution < 1.29 is 22.0 Å². The van der Waals surface area contributed by atoms with Gasteiger partial charge >= 0.3 is 0 Å². The van der Waals surface area contributed by atoms with Crippen molar-refractivity contribution in [2.24, 2.45) is 5.92 Å². The van der Waals surface area contributed by atoms with E-state index in [9.17, 15) is 22.0 Å². The van der Waals surface area contributed by atoms with Crippen LogP contribution in [0.2, 0.25) is 0 Å². The molecule has 0 spiro atoms. The predicted molar refractivity (Wildman–Crippen MR) is 102 cm³/mol. The van der Waals surface area contributed by atoms with E-state index in [0.29, 0.717) is 18.7 Å². The molecule has 1 aliphatic heterocycles. The smallest absolute Gasteiger partial charge is 0.267 e. The molecule has 1 N–H and O–H groups in total. The Morgan fingerprint density at radius 2 is 1.75 bits per heavy atom. The van der Waals surface area contributed by atoms with Crippen LogP contribution >= 0.6 is 0 Å². The van der Waals surface area contributed by atoms with Gasteiger partial charge in [0.05, 0.1) is 5.69 Å². The first-order chi connectivity index (χ1) is 13.4. The van der Waals surface area contributed by atoms with Crippen molar-refractivity contribution >= 4 is 27.3 Å². The van der Waals surface area contributed by atoms with Gasteiger partial charge in [-0.2, -0.15) is 0 Å². The Labute approximate surface area is 162 Å². The summed E-state index contributed by atoms with van der Waals surface area (Å²) < 4.78 is 55.0. The number of sulfonamides is 1. The van der Waals surface area contributed by atoms with Crippen molar-refractivity contribution in [1.82, 2.24) is 0 Å². The Morgan fingerprint density at radius 1 is 1.07 bits per heavy atom. The van der Waals surface area contributed by atoms with E-state index in [1.807, 2.05) is 0 Å². The number of hydrogen-bond acceptors (Lipinski definition) is 3. The summed E-state index contributed by atoms with van der Waals surface area (Å²) in [5, 5.41) is 0. The molecule has 148 valence electrons. The summed E-state index contributed by atoms with van der Waals surface area (Å²) in [7, 11) is -4.45. The average Bonchev–Trinajstić information content (AvgIpc) is 3.30. The quantitative estimate of drug-likeness (QED) is 0.839. The van der Waals surface area contributed by atoms with Crippen molar-refractivity contribution in [3.8, 4) is 0 Å². The molecule has 2 aliphatic rings. The number of amides is 1. The number of halogens is 2. The number of anilines is 2. The maximum atomic E-state index is 13.9. The highest BCUT2D eigenvalue weighted by atomic mass is 32.2. The first-order valence-electron chi connectivity index (χ1n) is 9.28. The molecule has 0 radical (unpaired) electrons. The molecule has 0 bridgehead atoms. The van der Waals surface area contributed by atoms with Gasteiger partial charge in [-0.05, 0) is 49.1 Å². The number of benzene rings is 2. The van der Waals surface area contributed by atoms with Gasteiger partial charge < -0.3 is 4.90 Å². The van der Waals surface area contributed by atoms with Gasteiger partial charge in [0, 0.05) is 18.2 Å². The molecule has 2 aromatic rings. The molecule has 2 aromatic carbocycles. The van der Waals surface area contributed by atoms with Gasteiger partial charge in [0.15, 0.2) is 4.90 Å². The lowest BCUT2D eigenvalue weighted by atomic mass is 10.1. The molecule has 28 heavy (non-hydrogen) atoms. The number of nitrogens with zero attached hydrogens (tertiary/aromatic N) is 1. The summed E-state index contributed by atoms with van der Waals surface area (Å²) in [5.74, 6) is -2.24. The molecule has 1 heterocycles. The van der Waals surface area contributed by atoms with Crippen molar-refractivity contribution in [1.29, 1.82) is 0 Å². The topological polar surface area (TPSA) is 66.5 Å². The molecular weight excluding hydrogens is 386 g/mol. The zero-order valence-electron chi connectivity index (χ0n) is 15.1. The highest BCUT2D eigenvalue weighted by molar-refractivity contribution is 7.92. The van der Waals surface area contributed by atoms with Crippen LogP contribution < -0.4 is 9.62 Å². The Morgan fingerprint density at radius 3 is 2.43 bits per heavy atom. The highest BCUT2D eigenvalue weighted by Gasteiger charge is 2.32. The first kappa shape index (κ1) is 18.9. The fourth-order valence-corrected chi connectivity index (χ4v) is 5.20.